The number of rotatable bonds is 1. The lowest BCUT2D eigenvalue weighted by Crippen LogP contribution is -2.07. The second-order valence-electron chi connectivity index (χ2n) is 2.48. The third kappa shape index (κ3) is 2.92. The van der Waals surface area contributed by atoms with Crippen LogP contribution in [0.2, 0.25) is 0 Å². The second-order valence-corrected chi connectivity index (χ2v) is 2.82. The highest BCUT2D eigenvalue weighted by Crippen LogP contribution is 2.30. The number of anilines is 1. The topological polar surface area (TPSA) is 29.1 Å². The average Bonchev–Trinajstić information content (AvgIpc) is 2.01. The molecule has 76 valence electrons. The van der Waals surface area contributed by atoms with Gasteiger partial charge in [-0.25, -0.2) is 0 Å². The highest BCUT2D eigenvalue weighted by atomic mass is 35.5. The number of hydrogen-bond acceptors (Lipinski definition) is 1. The van der Waals surface area contributed by atoms with Gasteiger partial charge in [0, 0.05) is 5.69 Å². The van der Waals surface area contributed by atoms with Gasteiger partial charge in [-0.2, -0.15) is 13.2 Å². The molecule has 0 saturated heterocycles. The van der Waals surface area contributed by atoms with Crippen molar-refractivity contribution in [1.29, 1.82) is 0 Å². The number of alkyl halides is 3. The van der Waals surface area contributed by atoms with Gasteiger partial charge in [0.1, 0.15) is 0 Å². The molecule has 1 aromatic rings. The van der Waals surface area contributed by atoms with E-state index in [0.29, 0.717) is 0 Å². The van der Waals surface area contributed by atoms with Gasteiger partial charge in [0.05, 0.1) is 5.56 Å². The third-order valence-corrected chi connectivity index (χ3v) is 1.53. The normalized spacial score (nSPS) is 11.1. The van der Waals surface area contributed by atoms with Crippen LogP contribution in [0.15, 0.2) is 24.3 Å². The molecular weight excluding hydrogens is 219 g/mol. The van der Waals surface area contributed by atoms with Gasteiger partial charge < -0.3 is 5.32 Å². The van der Waals surface area contributed by atoms with E-state index < -0.39 is 17.1 Å². The van der Waals surface area contributed by atoms with Gasteiger partial charge in [0.2, 0.25) is 0 Å². The summed E-state index contributed by atoms with van der Waals surface area (Å²) < 4.78 is 36.5. The lowest BCUT2D eigenvalue weighted by atomic mass is 10.2. The number of carbonyl (C=O) groups is 1. The van der Waals surface area contributed by atoms with Crippen molar-refractivity contribution in [2.24, 2.45) is 0 Å². The molecule has 2 nitrogen and oxygen atoms in total. The summed E-state index contributed by atoms with van der Waals surface area (Å²) in [6.07, 6.45) is -4.42. The standard InChI is InChI=1S/C8H5ClF3NO/c9-7(14)13-6-3-1-2-5(4-6)8(10,11)12/h1-4H,(H,13,14). The Hall–Kier alpha value is -1.23. The molecule has 0 aromatic heterocycles. The molecule has 0 fully saturated rings. The lowest BCUT2D eigenvalue weighted by molar-refractivity contribution is -0.137. The number of carbonyl (C=O) groups excluding carboxylic acids is 1. The molecule has 0 atom stereocenters. The van der Waals surface area contributed by atoms with E-state index in [1.54, 1.807) is 0 Å². The van der Waals surface area contributed by atoms with Crippen molar-refractivity contribution in [2.75, 3.05) is 5.32 Å². The summed E-state index contributed by atoms with van der Waals surface area (Å²) in [6.45, 7) is 0. The van der Waals surface area contributed by atoms with E-state index in [-0.39, 0.29) is 5.69 Å². The molecule has 0 aliphatic rings. The summed E-state index contributed by atoms with van der Waals surface area (Å²) in [6, 6.07) is 4.21. The zero-order chi connectivity index (χ0) is 10.8. The van der Waals surface area contributed by atoms with Gasteiger partial charge in [-0.1, -0.05) is 6.07 Å². The first-order valence-electron chi connectivity index (χ1n) is 3.53. The Kier molecular flexibility index (Phi) is 3.00. The molecule has 0 spiro atoms. The van der Waals surface area contributed by atoms with Crippen LogP contribution in [0.5, 0.6) is 0 Å². The van der Waals surface area contributed by atoms with Crippen LogP contribution in [0, 0.1) is 0 Å². The molecule has 0 bridgehead atoms. The highest BCUT2D eigenvalue weighted by molar-refractivity contribution is 6.65. The summed E-state index contributed by atoms with van der Waals surface area (Å²) in [4.78, 5) is 10.3. The minimum Gasteiger partial charge on any atom is -0.312 e. The van der Waals surface area contributed by atoms with E-state index in [4.69, 9.17) is 11.6 Å². The zero-order valence-electron chi connectivity index (χ0n) is 6.73. The van der Waals surface area contributed by atoms with Crippen molar-refractivity contribution in [3.63, 3.8) is 0 Å². The van der Waals surface area contributed by atoms with Crippen LogP contribution in [-0.4, -0.2) is 5.37 Å². The number of benzene rings is 1. The van der Waals surface area contributed by atoms with Crippen molar-refractivity contribution in [2.45, 2.75) is 6.18 Å². The maximum atomic E-state index is 12.2. The molecule has 0 radical (unpaired) electrons. The molecule has 6 heteroatoms. The van der Waals surface area contributed by atoms with Crippen LogP contribution in [0.4, 0.5) is 23.7 Å². The number of halogens is 4. The van der Waals surface area contributed by atoms with Gasteiger partial charge in [-0.15, -0.1) is 0 Å². The fourth-order valence-corrected chi connectivity index (χ4v) is 0.996. The largest absolute Gasteiger partial charge is 0.416 e. The maximum Gasteiger partial charge on any atom is 0.416 e. The summed E-state index contributed by atoms with van der Waals surface area (Å²) in [5, 5.41) is 1.12. The lowest BCUT2D eigenvalue weighted by Gasteiger charge is -2.07. The molecule has 0 aliphatic carbocycles. The molecule has 1 aromatic carbocycles. The fourth-order valence-electron chi connectivity index (χ4n) is 0.887. The average molecular weight is 224 g/mol. The van der Waals surface area contributed by atoms with Crippen LogP contribution >= 0.6 is 11.6 Å². The van der Waals surface area contributed by atoms with E-state index >= 15 is 0 Å². The summed E-state index contributed by atoms with van der Waals surface area (Å²) >= 11 is 4.95. The Morgan fingerprint density at radius 3 is 2.50 bits per heavy atom. The van der Waals surface area contributed by atoms with Crippen molar-refractivity contribution in [3.05, 3.63) is 29.8 Å². The Morgan fingerprint density at radius 2 is 2.00 bits per heavy atom. The van der Waals surface area contributed by atoms with Gasteiger partial charge in [0.25, 0.3) is 0 Å². The minimum absolute atomic E-state index is 0.0137. The quantitative estimate of drug-likeness (QED) is 0.573. The first-order chi connectivity index (χ1) is 6.39. The van der Waals surface area contributed by atoms with Gasteiger partial charge in [0.15, 0.2) is 0 Å². The van der Waals surface area contributed by atoms with Crippen LogP contribution < -0.4 is 5.32 Å². The summed E-state index contributed by atoms with van der Waals surface area (Å²) in [5.74, 6) is 0. The molecule has 1 rings (SSSR count). The van der Waals surface area contributed by atoms with Crippen molar-refractivity contribution in [1.82, 2.24) is 0 Å². The number of hydrogen-bond donors (Lipinski definition) is 1. The molecule has 0 aliphatic heterocycles. The Morgan fingerprint density at radius 1 is 1.36 bits per heavy atom. The monoisotopic (exact) mass is 223 g/mol. The van der Waals surface area contributed by atoms with E-state index in [1.165, 1.54) is 12.1 Å². The van der Waals surface area contributed by atoms with Crippen molar-refractivity contribution >= 4 is 22.7 Å². The first kappa shape index (κ1) is 10.8. The fraction of sp³-hybridized carbons (Fsp3) is 0.125. The highest BCUT2D eigenvalue weighted by Gasteiger charge is 2.30. The van der Waals surface area contributed by atoms with E-state index in [2.05, 4.69) is 0 Å². The Balaban J connectivity index is 2.95. The summed E-state index contributed by atoms with van der Waals surface area (Å²) in [5.41, 5.74) is -0.819. The number of nitrogens with one attached hydrogen (secondary N) is 1. The predicted octanol–water partition coefficient (Wildman–Crippen LogP) is 3.48. The van der Waals surface area contributed by atoms with E-state index in [9.17, 15) is 18.0 Å². The smallest absolute Gasteiger partial charge is 0.312 e. The Bertz CT molecular complexity index is 351. The van der Waals surface area contributed by atoms with Gasteiger partial charge in [-0.3, -0.25) is 4.79 Å². The first-order valence-corrected chi connectivity index (χ1v) is 3.91. The molecule has 1 N–H and O–H groups in total. The minimum atomic E-state index is -4.42. The van der Waals surface area contributed by atoms with Crippen LogP contribution in [-0.2, 0) is 6.18 Å². The summed E-state index contributed by atoms with van der Waals surface area (Å²) in [7, 11) is 0. The molecule has 0 heterocycles. The van der Waals surface area contributed by atoms with Crippen LogP contribution in [0.1, 0.15) is 5.56 Å². The second kappa shape index (κ2) is 3.88. The van der Waals surface area contributed by atoms with Crippen LogP contribution in [0.3, 0.4) is 0 Å². The zero-order valence-corrected chi connectivity index (χ0v) is 7.49. The van der Waals surface area contributed by atoms with E-state index in [1.807, 2.05) is 5.32 Å². The van der Waals surface area contributed by atoms with Gasteiger partial charge >= 0.3 is 11.5 Å². The van der Waals surface area contributed by atoms with Gasteiger partial charge in [-0.05, 0) is 29.8 Å². The molecule has 0 unspecified atom stereocenters. The van der Waals surface area contributed by atoms with Crippen molar-refractivity contribution < 1.29 is 18.0 Å². The Labute approximate surface area is 82.7 Å². The molecule has 1 amide bonds. The maximum absolute atomic E-state index is 12.2. The SMILES string of the molecule is O=C(Cl)Nc1cccc(C(F)(F)F)c1. The molecule has 14 heavy (non-hydrogen) atoms. The van der Waals surface area contributed by atoms with Crippen LogP contribution in [0.25, 0.3) is 0 Å². The van der Waals surface area contributed by atoms with Crippen molar-refractivity contribution in [3.8, 4) is 0 Å². The molecule has 0 saturated carbocycles. The number of amides is 1. The third-order valence-electron chi connectivity index (χ3n) is 1.43. The predicted molar refractivity (Wildman–Crippen MR) is 46.3 cm³/mol. The van der Waals surface area contributed by atoms with E-state index in [0.717, 1.165) is 12.1 Å². The molecular formula is C8H5ClF3NO.